The van der Waals surface area contributed by atoms with Gasteiger partial charge in [0.25, 0.3) is 0 Å². The van der Waals surface area contributed by atoms with Crippen LogP contribution in [0.25, 0.3) is 0 Å². The molecule has 0 spiro atoms. The van der Waals surface area contributed by atoms with E-state index < -0.39 is 0 Å². The molecule has 2 atom stereocenters. The molecule has 104 valence electrons. The molecule has 1 fully saturated rings. The second-order valence-electron chi connectivity index (χ2n) is 5.45. The van der Waals surface area contributed by atoms with Crippen molar-refractivity contribution in [1.29, 1.82) is 0 Å². The zero-order valence-electron chi connectivity index (χ0n) is 11.6. The lowest BCUT2D eigenvalue weighted by Gasteiger charge is -2.16. The third-order valence-electron chi connectivity index (χ3n) is 3.93. The van der Waals surface area contributed by atoms with Crippen molar-refractivity contribution >= 4 is 21.9 Å². The normalized spacial score (nSPS) is 23.6. The number of carbonyl (C=O) groups excluding carboxylic acids is 1. The van der Waals surface area contributed by atoms with Crippen molar-refractivity contribution in [2.45, 2.75) is 20.4 Å². The van der Waals surface area contributed by atoms with Crippen LogP contribution in [0.4, 0.5) is 0 Å². The molecule has 0 radical (unpaired) electrons. The van der Waals surface area contributed by atoms with Crippen LogP contribution in [-0.2, 0) is 11.3 Å². The van der Waals surface area contributed by atoms with Gasteiger partial charge in [0.2, 0.25) is 0 Å². The molecule has 0 bridgehead atoms. The second kappa shape index (κ2) is 6.06. The second-order valence-corrected chi connectivity index (χ2v) is 6.30. The van der Waals surface area contributed by atoms with E-state index in [1.165, 1.54) is 12.7 Å². The predicted octanol–water partition coefficient (Wildman–Crippen LogP) is 3.32. The Hall–Kier alpha value is -0.870. The average Bonchev–Trinajstić information content (AvgIpc) is 2.70. The minimum atomic E-state index is -0.296. The summed E-state index contributed by atoms with van der Waals surface area (Å²) in [6.45, 7) is 7.83. The summed E-state index contributed by atoms with van der Waals surface area (Å²) in [5.41, 5.74) is 1.80. The number of likely N-dealkylation sites (tertiary alicyclic amines) is 1. The van der Waals surface area contributed by atoms with E-state index in [1.54, 1.807) is 0 Å². The standard InChI is InChI=1S/C15H20BrNO2/c1-10-7-17(8-11(10)2)9-13-5-4-12(6-14(13)16)15(18)19-3/h4-6,10-11H,7-9H2,1-3H3. The van der Waals surface area contributed by atoms with Crippen LogP contribution in [0.3, 0.4) is 0 Å². The highest BCUT2D eigenvalue weighted by atomic mass is 79.9. The smallest absolute Gasteiger partial charge is 0.337 e. The quantitative estimate of drug-likeness (QED) is 0.798. The Bertz CT molecular complexity index is 465. The molecule has 1 aromatic rings. The Balaban J connectivity index is 2.08. The largest absolute Gasteiger partial charge is 0.465 e. The van der Waals surface area contributed by atoms with E-state index in [0.717, 1.165) is 35.9 Å². The number of carbonyl (C=O) groups is 1. The van der Waals surface area contributed by atoms with Crippen LogP contribution in [0.15, 0.2) is 22.7 Å². The first-order chi connectivity index (χ1) is 9.01. The highest BCUT2D eigenvalue weighted by molar-refractivity contribution is 9.10. The van der Waals surface area contributed by atoms with Gasteiger partial charge in [-0.3, -0.25) is 4.90 Å². The number of methoxy groups -OCH3 is 1. The molecule has 0 N–H and O–H groups in total. The Morgan fingerprint density at radius 1 is 1.37 bits per heavy atom. The van der Waals surface area contributed by atoms with Crippen LogP contribution in [0.1, 0.15) is 29.8 Å². The minimum Gasteiger partial charge on any atom is -0.465 e. The van der Waals surface area contributed by atoms with Gasteiger partial charge in [-0.15, -0.1) is 0 Å². The van der Waals surface area contributed by atoms with Crippen LogP contribution < -0.4 is 0 Å². The molecule has 0 aromatic heterocycles. The molecule has 0 amide bonds. The number of benzene rings is 1. The third-order valence-corrected chi connectivity index (χ3v) is 4.67. The summed E-state index contributed by atoms with van der Waals surface area (Å²) in [4.78, 5) is 13.9. The topological polar surface area (TPSA) is 29.5 Å². The molecule has 1 aliphatic rings. The molecule has 1 heterocycles. The third kappa shape index (κ3) is 3.37. The number of hydrogen-bond acceptors (Lipinski definition) is 3. The van der Waals surface area contributed by atoms with E-state index in [9.17, 15) is 4.79 Å². The molecule has 1 aliphatic heterocycles. The number of hydrogen-bond donors (Lipinski definition) is 0. The van der Waals surface area contributed by atoms with Crippen molar-refractivity contribution in [2.24, 2.45) is 11.8 Å². The van der Waals surface area contributed by atoms with Crippen molar-refractivity contribution in [3.8, 4) is 0 Å². The molecule has 1 aromatic carbocycles. The van der Waals surface area contributed by atoms with Crippen LogP contribution in [-0.4, -0.2) is 31.1 Å². The number of halogens is 1. The number of nitrogens with zero attached hydrogens (tertiary/aromatic N) is 1. The Morgan fingerprint density at radius 3 is 2.53 bits per heavy atom. The fraction of sp³-hybridized carbons (Fsp3) is 0.533. The Kier molecular flexibility index (Phi) is 4.63. The summed E-state index contributed by atoms with van der Waals surface area (Å²) in [5.74, 6) is 1.22. The maximum absolute atomic E-state index is 11.5. The number of rotatable bonds is 3. The number of ether oxygens (including phenoxy) is 1. The first-order valence-electron chi connectivity index (χ1n) is 6.60. The van der Waals surface area contributed by atoms with Crippen molar-refractivity contribution in [3.63, 3.8) is 0 Å². The first-order valence-corrected chi connectivity index (χ1v) is 7.39. The van der Waals surface area contributed by atoms with Crippen molar-refractivity contribution < 1.29 is 9.53 Å². The van der Waals surface area contributed by atoms with E-state index in [1.807, 2.05) is 18.2 Å². The van der Waals surface area contributed by atoms with Gasteiger partial charge >= 0.3 is 5.97 Å². The van der Waals surface area contributed by atoms with E-state index in [-0.39, 0.29) is 5.97 Å². The van der Waals surface area contributed by atoms with E-state index >= 15 is 0 Å². The summed E-state index contributed by atoms with van der Waals surface area (Å²) in [6, 6.07) is 5.67. The molecule has 4 heteroatoms. The van der Waals surface area contributed by atoms with Gasteiger partial charge < -0.3 is 4.74 Å². The molecular weight excluding hydrogens is 306 g/mol. The summed E-state index contributed by atoms with van der Waals surface area (Å²) in [6.07, 6.45) is 0. The predicted molar refractivity (Wildman–Crippen MR) is 79.1 cm³/mol. The molecule has 1 saturated heterocycles. The molecule has 2 unspecified atom stereocenters. The summed E-state index contributed by atoms with van der Waals surface area (Å²) < 4.78 is 5.70. The van der Waals surface area contributed by atoms with E-state index in [2.05, 4.69) is 34.7 Å². The van der Waals surface area contributed by atoms with Gasteiger partial charge in [0.1, 0.15) is 0 Å². The van der Waals surface area contributed by atoms with Crippen LogP contribution in [0.2, 0.25) is 0 Å². The Morgan fingerprint density at radius 2 is 2.00 bits per heavy atom. The van der Waals surface area contributed by atoms with Gasteiger partial charge in [0.05, 0.1) is 12.7 Å². The molecule has 0 saturated carbocycles. The fourth-order valence-corrected chi connectivity index (χ4v) is 3.04. The van der Waals surface area contributed by atoms with Gasteiger partial charge in [-0.25, -0.2) is 4.79 Å². The Labute approximate surface area is 123 Å². The van der Waals surface area contributed by atoms with Gasteiger partial charge in [0.15, 0.2) is 0 Å². The number of esters is 1. The van der Waals surface area contributed by atoms with Crippen LogP contribution in [0.5, 0.6) is 0 Å². The van der Waals surface area contributed by atoms with Gasteiger partial charge in [-0.1, -0.05) is 35.8 Å². The lowest BCUT2D eigenvalue weighted by atomic mass is 10.0. The molecule has 2 rings (SSSR count). The molecule has 0 aliphatic carbocycles. The maximum Gasteiger partial charge on any atom is 0.337 e. The summed E-state index contributed by atoms with van der Waals surface area (Å²) in [5, 5.41) is 0. The van der Waals surface area contributed by atoms with Gasteiger partial charge in [-0.2, -0.15) is 0 Å². The van der Waals surface area contributed by atoms with Crippen molar-refractivity contribution in [2.75, 3.05) is 20.2 Å². The van der Waals surface area contributed by atoms with Crippen molar-refractivity contribution in [3.05, 3.63) is 33.8 Å². The van der Waals surface area contributed by atoms with Crippen molar-refractivity contribution in [1.82, 2.24) is 4.90 Å². The maximum atomic E-state index is 11.5. The molecule has 19 heavy (non-hydrogen) atoms. The van der Waals surface area contributed by atoms with Gasteiger partial charge in [-0.05, 0) is 29.5 Å². The zero-order valence-corrected chi connectivity index (χ0v) is 13.2. The van der Waals surface area contributed by atoms with Gasteiger partial charge in [0, 0.05) is 24.1 Å². The highest BCUT2D eigenvalue weighted by Crippen LogP contribution is 2.26. The monoisotopic (exact) mass is 325 g/mol. The van der Waals surface area contributed by atoms with E-state index in [0.29, 0.717) is 5.56 Å². The summed E-state index contributed by atoms with van der Waals surface area (Å²) in [7, 11) is 1.40. The highest BCUT2D eigenvalue weighted by Gasteiger charge is 2.26. The summed E-state index contributed by atoms with van der Waals surface area (Å²) >= 11 is 3.55. The van der Waals surface area contributed by atoms with Crippen LogP contribution >= 0.6 is 15.9 Å². The zero-order chi connectivity index (χ0) is 14.0. The molecular formula is C15H20BrNO2. The first kappa shape index (κ1) is 14.5. The SMILES string of the molecule is COC(=O)c1ccc(CN2CC(C)C(C)C2)c(Br)c1. The van der Waals surface area contributed by atoms with Crippen LogP contribution in [0, 0.1) is 11.8 Å². The molecule has 3 nitrogen and oxygen atoms in total. The fourth-order valence-electron chi connectivity index (χ4n) is 2.54. The minimum absolute atomic E-state index is 0.296. The average molecular weight is 326 g/mol. The van der Waals surface area contributed by atoms with E-state index in [4.69, 9.17) is 4.74 Å². The lowest BCUT2D eigenvalue weighted by molar-refractivity contribution is 0.0600. The lowest BCUT2D eigenvalue weighted by Crippen LogP contribution is -2.20.